The monoisotopic (exact) mass is 246 g/mol. The highest BCUT2D eigenvalue weighted by Gasteiger charge is 2.12. The lowest BCUT2D eigenvalue weighted by Gasteiger charge is -2.20. The van der Waals surface area contributed by atoms with Crippen LogP contribution in [0.4, 0.5) is 11.4 Å². The molecule has 1 aliphatic rings. The minimum absolute atomic E-state index is 0.618. The first-order chi connectivity index (χ1) is 8.83. The van der Waals surface area contributed by atoms with E-state index in [9.17, 15) is 0 Å². The van der Waals surface area contributed by atoms with Gasteiger partial charge in [0.15, 0.2) is 0 Å². The Bertz CT molecular complexity index is 339. The molecule has 1 unspecified atom stereocenters. The highest BCUT2D eigenvalue weighted by atomic mass is 15.1. The number of benzene rings is 1. The van der Waals surface area contributed by atoms with Crippen molar-refractivity contribution in [3.8, 4) is 0 Å². The Morgan fingerprint density at radius 1 is 1.11 bits per heavy atom. The molecule has 2 rings (SSSR count). The smallest absolute Gasteiger partial charge is 0.0367 e. The minimum atomic E-state index is 0.618. The van der Waals surface area contributed by atoms with E-state index >= 15 is 0 Å². The van der Waals surface area contributed by atoms with Gasteiger partial charge in [-0.2, -0.15) is 0 Å². The van der Waals surface area contributed by atoms with E-state index in [-0.39, 0.29) is 0 Å². The summed E-state index contributed by atoms with van der Waals surface area (Å²) >= 11 is 0. The van der Waals surface area contributed by atoms with Crippen LogP contribution in [0.5, 0.6) is 0 Å². The predicted octanol–water partition coefficient (Wildman–Crippen LogP) is 4.28. The van der Waals surface area contributed by atoms with Crippen molar-refractivity contribution in [2.24, 2.45) is 0 Å². The average molecular weight is 246 g/mol. The molecule has 0 spiro atoms. The van der Waals surface area contributed by atoms with Gasteiger partial charge in [-0.25, -0.2) is 0 Å². The van der Waals surface area contributed by atoms with Gasteiger partial charge in [0.1, 0.15) is 0 Å². The Morgan fingerprint density at radius 3 is 2.33 bits per heavy atom. The van der Waals surface area contributed by atoms with Crippen molar-refractivity contribution < 1.29 is 0 Å². The summed E-state index contributed by atoms with van der Waals surface area (Å²) in [7, 11) is 0. The first-order valence-electron chi connectivity index (χ1n) is 7.45. The summed E-state index contributed by atoms with van der Waals surface area (Å²) < 4.78 is 0. The zero-order chi connectivity index (χ0) is 12.8. The molecule has 0 aliphatic carbocycles. The highest BCUT2D eigenvalue weighted by molar-refractivity contribution is 5.55. The van der Waals surface area contributed by atoms with E-state index in [1.165, 1.54) is 56.6 Å². The maximum atomic E-state index is 3.63. The lowest BCUT2D eigenvalue weighted by Crippen LogP contribution is -2.19. The maximum absolute atomic E-state index is 3.63. The van der Waals surface area contributed by atoms with Gasteiger partial charge in [0.2, 0.25) is 0 Å². The van der Waals surface area contributed by atoms with Crippen LogP contribution in [0.15, 0.2) is 24.3 Å². The van der Waals surface area contributed by atoms with Crippen molar-refractivity contribution in [3.05, 3.63) is 24.3 Å². The molecule has 0 amide bonds. The van der Waals surface area contributed by atoms with E-state index in [0.29, 0.717) is 6.04 Å². The van der Waals surface area contributed by atoms with E-state index in [0.717, 1.165) is 0 Å². The number of hydrogen-bond acceptors (Lipinski definition) is 2. The van der Waals surface area contributed by atoms with Crippen molar-refractivity contribution in [3.63, 3.8) is 0 Å². The van der Waals surface area contributed by atoms with Gasteiger partial charge in [-0.1, -0.05) is 20.3 Å². The summed E-state index contributed by atoms with van der Waals surface area (Å²) in [6.07, 6.45) is 6.38. The number of nitrogens with one attached hydrogen (secondary N) is 1. The van der Waals surface area contributed by atoms with Gasteiger partial charge in [-0.15, -0.1) is 0 Å². The SMILES string of the molecule is CCCC(CC)Nc1ccc(N2CCCC2)cc1. The van der Waals surface area contributed by atoms with Crippen LogP contribution in [0.25, 0.3) is 0 Å². The predicted molar refractivity (Wildman–Crippen MR) is 80.5 cm³/mol. The molecular formula is C16H26N2. The first-order valence-corrected chi connectivity index (χ1v) is 7.45. The molecule has 1 fully saturated rings. The van der Waals surface area contributed by atoms with Crippen LogP contribution in [0.3, 0.4) is 0 Å². The molecule has 1 heterocycles. The molecule has 18 heavy (non-hydrogen) atoms. The lowest BCUT2D eigenvalue weighted by molar-refractivity contribution is 0.623. The molecule has 1 atom stereocenters. The zero-order valence-corrected chi connectivity index (χ0v) is 11.8. The molecule has 1 aliphatic heterocycles. The number of hydrogen-bond donors (Lipinski definition) is 1. The van der Waals surface area contributed by atoms with Crippen molar-refractivity contribution in [1.82, 2.24) is 0 Å². The van der Waals surface area contributed by atoms with E-state index in [1.807, 2.05) is 0 Å². The summed E-state index contributed by atoms with van der Waals surface area (Å²) in [6, 6.07) is 9.59. The summed E-state index contributed by atoms with van der Waals surface area (Å²) in [4.78, 5) is 2.48. The largest absolute Gasteiger partial charge is 0.382 e. The van der Waals surface area contributed by atoms with Crippen LogP contribution >= 0.6 is 0 Å². The van der Waals surface area contributed by atoms with Crippen LogP contribution in [-0.4, -0.2) is 19.1 Å². The number of anilines is 2. The van der Waals surface area contributed by atoms with Crippen molar-refractivity contribution >= 4 is 11.4 Å². The van der Waals surface area contributed by atoms with E-state index in [4.69, 9.17) is 0 Å². The second-order valence-electron chi connectivity index (χ2n) is 5.28. The molecule has 1 aromatic rings. The van der Waals surface area contributed by atoms with Crippen LogP contribution in [0.1, 0.15) is 46.0 Å². The molecule has 1 aromatic carbocycles. The van der Waals surface area contributed by atoms with Crippen LogP contribution in [0, 0.1) is 0 Å². The van der Waals surface area contributed by atoms with Crippen molar-refractivity contribution in [1.29, 1.82) is 0 Å². The molecule has 1 saturated heterocycles. The van der Waals surface area contributed by atoms with Crippen LogP contribution in [0.2, 0.25) is 0 Å². The van der Waals surface area contributed by atoms with Gasteiger partial charge in [-0.05, 0) is 49.9 Å². The van der Waals surface area contributed by atoms with E-state index < -0.39 is 0 Å². The Balaban J connectivity index is 1.94. The minimum Gasteiger partial charge on any atom is -0.382 e. The van der Waals surface area contributed by atoms with Gasteiger partial charge in [0.05, 0.1) is 0 Å². The zero-order valence-electron chi connectivity index (χ0n) is 11.8. The molecule has 2 heteroatoms. The third kappa shape index (κ3) is 3.41. The van der Waals surface area contributed by atoms with Gasteiger partial charge in [-0.3, -0.25) is 0 Å². The molecule has 0 radical (unpaired) electrons. The fourth-order valence-electron chi connectivity index (χ4n) is 2.71. The number of rotatable bonds is 6. The van der Waals surface area contributed by atoms with Gasteiger partial charge >= 0.3 is 0 Å². The molecule has 0 bridgehead atoms. The standard InChI is InChI=1S/C16H26N2/c1-3-7-14(4-2)17-15-8-10-16(11-9-15)18-12-5-6-13-18/h8-11,14,17H,3-7,12-13H2,1-2H3. The summed E-state index contributed by atoms with van der Waals surface area (Å²) in [5, 5.41) is 3.63. The van der Waals surface area contributed by atoms with E-state index in [1.54, 1.807) is 0 Å². The lowest BCUT2D eigenvalue weighted by atomic mass is 10.1. The average Bonchev–Trinajstić information content (AvgIpc) is 2.93. The molecule has 0 saturated carbocycles. The topological polar surface area (TPSA) is 15.3 Å². The van der Waals surface area contributed by atoms with Crippen LogP contribution < -0.4 is 10.2 Å². The highest BCUT2D eigenvalue weighted by Crippen LogP contribution is 2.22. The Hall–Kier alpha value is -1.18. The van der Waals surface area contributed by atoms with E-state index in [2.05, 4.69) is 48.3 Å². The van der Waals surface area contributed by atoms with Crippen molar-refractivity contribution in [2.75, 3.05) is 23.3 Å². The summed E-state index contributed by atoms with van der Waals surface area (Å²) in [5.74, 6) is 0. The van der Waals surface area contributed by atoms with Gasteiger partial charge < -0.3 is 10.2 Å². The second kappa shape index (κ2) is 6.67. The Labute approximate surface area is 111 Å². The second-order valence-corrected chi connectivity index (χ2v) is 5.28. The number of nitrogens with zero attached hydrogens (tertiary/aromatic N) is 1. The Morgan fingerprint density at radius 2 is 1.78 bits per heavy atom. The summed E-state index contributed by atoms with van der Waals surface area (Å²) in [5.41, 5.74) is 2.64. The fourth-order valence-corrected chi connectivity index (χ4v) is 2.71. The Kier molecular flexibility index (Phi) is 4.91. The van der Waals surface area contributed by atoms with Crippen LogP contribution in [-0.2, 0) is 0 Å². The summed E-state index contributed by atoms with van der Waals surface area (Å²) in [6.45, 7) is 6.95. The molecule has 0 aromatic heterocycles. The maximum Gasteiger partial charge on any atom is 0.0367 e. The molecule has 2 nitrogen and oxygen atoms in total. The normalized spacial score (nSPS) is 16.9. The third-order valence-electron chi connectivity index (χ3n) is 3.84. The molecular weight excluding hydrogens is 220 g/mol. The third-order valence-corrected chi connectivity index (χ3v) is 3.84. The first kappa shape index (κ1) is 13.3. The van der Waals surface area contributed by atoms with Gasteiger partial charge in [0.25, 0.3) is 0 Å². The molecule has 1 N–H and O–H groups in total. The van der Waals surface area contributed by atoms with Crippen molar-refractivity contribution in [2.45, 2.75) is 52.0 Å². The molecule has 100 valence electrons. The fraction of sp³-hybridized carbons (Fsp3) is 0.625. The quantitative estimate of drug-likeness (QED) is 0.806. The van der Waals surface area contributed by atoms with Gasteiger partial charge in [0, 0.05) is 30.5 Å².